The summed E-state index contributed by atoms with van der Waals surface area (Å²) < 4.78 is 1.46. The predicted octanol–water partition coefficient (Wildman–Crippen LogP) is 1.57. The minimum atomic E-state index is -0.174. The summed E-state index contributed by atoms with van der Waals surface area (Å²) in [5, 5.41) is 0. The smallest absolute Gasteiger partial charge is 0.254 e. The minimum absolute atomic E-state index is 0.0934. The summed E-state index contributed by atoms with van der Waals surface area (Å²) in [5.74, 6) is 1.95. The van der Waals surface area contributed by atoms with Crippen molar-refractivity contribution in [3.8, 4) is 0 Å². The summed E-state index contributed by atoms with van der Waals surface area (Å²) in [6.07, 6.45) is 1.63. The number of piperazine rings is 1. The van der Waals surface area contributed by atoms with Crippen molar-refractivity contribution < 1.29 is 4.79 Å². The molecule has 0 aliphatic carbocycles. The van der Waals surface area contributed by atoms with Crippen molar-refractivity contribution in [2.24, 2.45) is 7.05 Å². The Kier molecular flexibility index (Phi) is 5.06. The van der Waals surface area contributed by atoms with E-state index in [-0.39, 0.29) is 17.4 Å². The fourth-order valence-corrected chi connectivity index (χ4v) is 3.00. The van der Waals surface area contributed by atoms with E-state index in [1.807, 2.05) is 13.0 Å². The average molecular weight is 355 g/mol. The zero-order valence-corrected chi connectivity index (χ0v) is 15.8. The van der Waals surface area contributed by atoms with Crippen LogP contribution >= 0.6 is 0 Å². The molecular weight excluding hydrogens is 330 g/mol. The molecule has 2 aromatic rings. The lowest BCUT2D eigenvalue weighted by Gasteiger charge is -2.35. The van der Waals surface area contributed by atoms with Crippen LogP contribution in [0.1, 0.15) is 41.6 Å². The van der Waals surface area contributed by atoms with Gasteiger partial charge in [0.25, 0.3) is 11.5 Å². The van der Waals surface area contributed by atoms with Crippen LogP contribution in [-0.2, 0) is 7.05 Å². The fourth-order valence-electron chi connectivity index (χ4n) is 3.00. The van der Waals surface area contributed by atoms with Gasteiger partial charge in [0.2, 0.25) is 0 Å². The Bertz CT molecular complexity index is 866. The highest BCUT2D eigenvalue weighted by Crippen LogP contribution is 2.19. The van der Waals surface area contributed by atoms with Crippen LogP contribution in [0.15, 0.2) is 29.2 Å². The molecule has 1 amide bonds. The van der Waals surface area contributed by atoms with Gasteiger partial charge in [-0.1, -0.05) is 13.8 Å². The van der Waals surface area contributed by atoms with Gasteiger partial charge in [-0.05, 0) is 13.0 Å². The number of anilines is 1. The summed E-state index contributed by atoms with van der Waals surface area (Å²) in [7, 11) is 1.67. The first-order valence-corrected chi connectivity index (χ1v) is 8.91. The van der Waals surface area contributed by atoms with Gasteiger partial charge in [0, 0.05) is 68.7 Å². The van der Waals surface area contributed by atoms with Crippen LogP contribution in [0.4, 0.5) is 5.82 Å². The van der Waals surface area contributed by atoms with Crippen molar-refractivity contribution in [1.29, 1.82) is 0 Å². The summed E-state index contributed by atoms with van der Waals surface area (Å²) in [5.41, 5.74) is 1.23. The highest BCUT2D eigenvalue weighted by molar-refractivity contribution is 5.94. The molecule has 0 spiro atoms. The van der Waals surface area contributed by atoms with Crippen molar-refractivity contribution in [2.45, 2.75) is 26.7 Å². The van der Waals surface area contributed by atoms with Gasteiger partial charge in [-0.25, -0.2) is 9.97 Å². The predicted molar refractivity (Wildman–Crippen MR) is 101 cm³/mol. The van der Waals surface area contributed by atoms with Gasteiger partial charge < -0.3 is 14.4 Å². The maximum absolute atomic E-state index is 12.6. The van der Waals surface area contributed by atoms with Gasteiger partial charge in [-0.2, -0.15) is 0 Å². The van der Waals surface area contributed by atoms with E-state index in [0.717, 1.165) is 17.3 Å². The Balaban J connectivity index is 1.70. The van der Waals surface area contributed by atoms with Gasteiger partial charge in [0.1, 0.15) is 11.6 Å². The molecule has 1 fully saturated rings. The average Bonchev–Trinajstić information content (AvgIpc) is 2.63. The van der Waals surface area contributed by atoms with E-state index in [0.29, 0.717) is 31.7 Å². The molecule has 1 aliphatic rings. The zero-order chi connectivity index (χ0) is 18.8. The molecule has 1 aliphatic heterocycles. The third kappa shape index (κ3) is 3.76. The largest absolute Gasteiger partial charge is 0.353 e. The molecule has 7 heteroatoms. The molecule has 3 heterocycles. The van der Waals surface area contributed by atoms with Crippen LogP contribution in [0.2, 0.25) is 0 Å². The molecule has 0 bridgehead atoms. The first kappa shape index (κ1) is 18.1. The second-order valence-corrected chi connectivity index (χ2v) is 7.02. The Morgan fingerprint density at radius 1 is 1.12 bits per heavy atom. The lowest BCUT2D eigenvalue weighted by Crippen LogP contribution is -2.49. The quantitative estimate of drug-likeness (QED) is 0.836. The molecule has 3 rings (SSSR count). The molecule has 0 aromatic carbocycles. The van der Waals surface area contributed by atoms with Crippen LogP contribution in [0, 0.1) is 6.92 Å². The Morgan fingerprint density at radius 3 is 2.42 bits per heavy atom. The molecule has 0 radical (unpaired) electrons. The number of aryl methyl sites for hydroxylation is 2. The number of nitrogens with zero attached hydrogens (tertiary/aromatic N) is 5. The van der Waals surface area contributed by atoms with Crippen molar-refractivity contribution in [1.82, 2.24) is 19.4 Å². The van der Waals surface area contributed by atoms with Crippen molar-refractivity contribution in [2.75, 3.05) is 31.1 Å². The number of carbonyl (C=O) groups is 1. The molecule has 0 unspecified atom stereocenters. The molecule has 2 aromatic heterocycles. The van der Waals surface area contributed by atoms with Crippen molar-refractivity contribution >= 4 is 11.7 Å². The second kappa shape index (κ2) is 7.27. The van der Waals surface area contributed by atoms with Crippen molar-refractivity contribution in [3.05, 3.63) is 51.8 Å². The van der Waals surface area contributed by atoms with Gasteiger partial charge in [-0.3, -0.25) is 9.59 Å². The number of aromatic nitrogens is 3. The highest BCUT2D eigenvalue weighted by atomic mass is 16.2. The van der Waals surface area contributed by atoms with E-state index in [4.69, 9.17) is 0 Å². The van der Waals surface area contributed by atoms with Gasteiger partial charge in [0.05, 0.1) is 0 Å². The number of amides is 1. The Labute approximate surface area is 153 Å². The number of hydrogen-bond acceptors (Lipinski definition) is 5. The monoisotopic (exact) mass is 355 g/mol. The SMILES string of the molecule is Cc1cc(N2CCN(C(=O)c3ccn(C)c(=O)c3)CC2)nc(C(C)C)n1. The van der Waals surface area contributed by atoms with Crippen LogP contribution in [0.25, 0.3) is 0 Å². The first-order chi connectivity index (χ1) is 12.3. The molecule has 0 N–H and O–H groups in total. The van der Waals surface area contributed by atoms with E-state index in [1.54, 1.807) is 24.2 Å². The number of carbonyl (C=O) groups excluding carboxylic acids is 1. The molecule has 0 atom stereocenters. The van der Waals surface area contributed by atoms with E-state index in [1.165, 1.54) is 10.6 Å². The van der Waals surface area contributed by atoms with E-state index in [9.17, 15) is 9.59 Å². The second-order valence-electron chi connectivity index (χ2n) is 7.02. The summed E-state index contributed by atoms with van der Waals surface area (Å²) >= 11 is 0. The fraction of sp³-hybridized carbons (Fsp3) is 0.474. The van der Waals surface area contributed by atoms with E-state index < -0.39 is 0 Å². The number of rotatable bonds is 3. The van der Waals surface area contributed by atoms with E-state index in [2.05, 4.69) is 28.7 Å². The third-order valence-corrected chi connectivity index (χ3v) is 4.62. The minimum Gasteiger partial charge on any atom is -0.353 e. The van der Waals surface area contributed by atoms with Crippen molar-refractivity contribution in [3.63, 3.8) is 0 Å². The van der Waals surface area contributed by atoms with E-state index >= 15 is 0 Å². The maximum atomic E-state index is 12.6. The highest BCUT2D eigenvalue weighted by Gasteiger charge is 2.24. The normalized spacial score (nSPS) is 14.8. The molecule has 26 heavy (non-hydrogen) atoms. The molecular formula is C19H25N5O2. The maximum Gasteiger partial charge on any atom is 0.254 e. The number of pyridine rings is 1. The summed E-state index contributed by atoms with van der Waals surface area (Å²) in [6, 6.07) is 5.08. The zero-order valence-electron chi connectivity index (χ0n) is 15.8. The standard InChI is InChI=1S/C19H25N5O2/c1-13(2)18-20-14(3)11-16(21-18)23-7-9-24(10-8-23)19(26)15-5-6-22(4)17(25)12-15/h5-6,11-13H,7-10H2,1-4H3. The molecule has 1 saturated heterocycles. The van der Waals surface area contributed by atoms with Gasteiger partial charge in [-0.15, -0.1) is 0 Å². The Morgan fingerprint density at radius 2 is 1.81 bits per heavy atom. The van der Waals surface area contributed by atoms with Gasteiger partial charge >= 0.3 is 0 Å². The van der Waals surface area contributed by atoms with Crippen LogP contribution in [-0.4, -0.2) is 51.5 Å². The molecule has 7 nitrogen and oxygen atoms in total. The topological polar surface area (TPSA) is 71.3 Å². The number of hydrogen-bond donors (Lipinski definition) is 0. The van der Waals surface area contributed by atoms with Crippen LogP contribution in [0.5, 0.6) is 0 Å². The summed E-state index contributed by atoms with van der Waals surface area (Å²) in [6.45, 7) is 8.78. The lowest BCUT2D eigenvalue weighted by molar-refractivity contribution is 0.0746. The lowest BCUT2D eigenvalue weighted by atomic mass is 10.2. The summed E-state index contributed by atoms with van der Waals surface area (Å²) in [4.78, 5) is 37.5. The third-order valence-electron chi connectivity index (χ3n) is 4.62. The molecule has 138 valence electrons. The Hall–Kier alpha value is -2.70. The first-order valence-electron chi connectivity index (χ1n) is 8.91. The van der Waals surface area contributed by atoms with Crippen LogP contribution in [0.3, 0.4) is 0 Å². The molecule has 0 saturated carbocycles. The van der Waals surface area contributed by atoms with Gasteiger partial charge in [0.15, 0.2) is 0 Å². The van der Waals surface area contributed by atoms with Crippen LogP contribution < -0.4 is 10.5 Å².